The molecule has 4 fully saturated rings. The van der Waals surface area contributed by atoms with Gasteiger partial charge in [0.15, 0.2) is 35.4 Å². The van der Waals surface area contributed by atoms with E-state index in [-0.39, 0.29) is 23.1 Å². The predicted octanol–water partition coefficient (Wildman–Crippen LogP) is 2.75. The first-order chi connectivity index (χ1) is 28.1. The van der Waals surface area contributed by atoms with Gasteiger partial charge in [0, 0.05) is 25.2 Å². The SMILES string of the molecule is COC(=O)O[C@@]12CO[C@@H]1CC(O)[C@@]1(C)C(=O)[C@H](OC(C)=O)C3=C(C)[C@@H](OC(=O)[C@H](O)[C@@H](N4C(=O)OC(C)(C)C4O)C(C)(C)C)C[C@@](O)(C(OC(=O)c4ccccc4)C12)C3(C)C. The number of Topliss-reactive ketones (excluding diaryl/α,β-unsaturated/α-hetero) is 1. The molecule has 2 heterocycles. The molecule has 18 heteroatoms. The molecule has 4 N–H and O–H groups in total. The van der Waals surface area contributed by atoms with E-state index in [2.05, 4.69) is 0 Å². The maximum Gasteiger partial charge on any atom is 0.508 e. The van der Waals surface area contributed by atoms with Crippen molar-refractivity contribution in [2.24, 2.45) is 22.2 Å². The third kappa shape index (κ3) is 7.07. The van der Waals surface area contributed by atoms with E-state index in [0.717, 1.165) is 18.9 Å². The Morgan fingerprint density at radius 3 is 2.10 bits per heavy atom. The van der Waals surface area contributed by atoms with Crippen LogP contribution in [0.3, 0.4) is 0 Å². The number of hydrogen-bond donors (Lipinski definition) is 4. The second-order valence-corrected chi connectivity index (χ2v) is 19.2. The molecular formula is C43H57NO17. The van der Waals surface area contributed by atoms with Crippen LogP contribution in [0, 0.1) is 22.2 Å². The summed E-state index contributed by atoms with van der Waals surface area (Å²) in [5.41, 5.74) is -10.6. The molecule has 336 valence electrons. The molecule has 1 aromatic rings. The normalized spacial score (nSPS) is 36.0. The van der Waals surface area contributed by atoms with Crippen molar-refractivity contribution in [1.29, 1.82) is 0 Å². The van der Waals surface area contributed by atoms with Gasteiger partial charge in [0.25, 0.3) is 0 Å². The van der Waals surface area contributed by atoms with Crippen molar-refractivity contribution in [3.63, 3.8) is 0 Å². The van der Waals surface area contributed by atoms with Gasteiger partial charge >= 0.3 is 30.2 Å². The number of cyclic esters (lactones) is 1. The second-order valence-electron chi connectivity index (χ2n) is 19.2. The minimum atomic E-state index is -2.46. The molecule has 3 aliphatic carbocycles. The third-order valence-corrected chi connectivity index (χ3v) is 13.7. The predicted molar refractivity (Wildman–Crippen MR) is 208 cm³/mol. The Balaban J connectivity index is 1.57. The summed E-state index contributed by atoms with van der Waals surface area (Å²) in [6.07, 6.45) is -14.9. The topological polar surface area (TPSA) is 251 Å². The lowest BCUT2D eigenvalue weighted by Crippen LogP contribution is -2.82. The zero-order chi connectivity index (χ0) is 45.6. The smallest absolute Gasteiger partial charge is 0.456 e. The maximum absolute atomic E-state index is 15.5. The van der Waals surface area contributed by atoms with E-state index >= 15 is 4.79 Å². The fraction of sp³-hybridized carbons (Fsp3) is 0.674. The molecule has 2 saturated heterocycles. The van der Waals surface area contributed by atoms with Gasteiger partial charge < -0.3 is 53.6 Å². The number of carbonyl (C=O) groups excluding carboxylic acids is 6. The standard InChI is InChI=1S/C43H57NO17/c1-20-23(58-34(50)27(47)30(38(3,4)5)44-35(51)40(8,9)60-36(44)52)18-43(54)32(59-33(49)22-15-13-12-14-16-22)29-41(10,31(48)28(57-21(2)45)26(20)39(43,6)7)24(46)17-25-42(29,19-56-25)61-37(53)55-11/h12-16,23-25,27-30,32,35,46-47,51,54H,17-19H2,1-11H3/t23-,24?,25+,27+,28+,29?,30+,32?,35?,41+,42-,43+/m0/s1. The molecule has 4 unspecified atom stereocenters. The van der Waals surface area contributed by atoms with Gasteiger partial charge in [-0.2, -0.15) is 0 Å². The Hall–Kier alpha value is -4.62. The number of methoxy groups -OCH3 is 1. The number of aliphatic hydroxyl groups is 4. The van der Waals surface area contributed by atoms with E-state index in [1.165, 1.54) is 53.7 Å². The van der Waals surface area contributed by atoms with Crippen molar-refractivity contribution in [2.75, 3.05) is 13.7 Å². The van der Waals surface area contributed by atoms with Crippen LogP contribution in [0.2, 0.25) is 0 Å². The van der Waals surface area contributed by atoms with Gasteiger partial charge in [0.05, 0.1) is 42.8 Å². The van der Waals surface area contributed by atoms with Gasteiger partial charge in [0.2, 0.25) is 0 Å². The Morgan fingerprint density at radius 1 is 0.967 bits per heavy atom. The van der Waals surface area contributed by atoms with Crippen molar-refractivity contribution in [3.05, 3.63) is 47.0 Å². The number of esters is 3. The average Bonchev–Trinajstić information content (AvgIpc) is 3.36. The molecule has 5 aliphatic rings. The molecule has 0 spiro atoms. The van der Waals surface area contributed by atoms with Crippen molar-refractivity contribution < 1.29 is 82.4 Å². The highest BCUT2D eigenvalue weighted by molar-refractivity contribution is 5.95. The zero-order valence-corrected chi connectivity index (χ0v) is 36.2. The monoisotopic (exact) mass is 859 g/mol. The highest BCUT2D eigenvalue weighted by Crippen LogP contribution is 2.64. The van der Waals surface area contributed by atoms with Crippen LogP contribution in [-0.2, 0) is 47.5 Å². The summed E-state index contributed by atoms with van der Waals surface area (Å²) in [6, 6.07) is 6.28. The quantitative estimate of drug-likeness (QED) is 0.167. The summed E-state index contributed by atoms with van der Waals surface area (Å²) < 4.78 is 40.3. The largest absolute Gasteiger partial charge is 0.508 e. The molecule has 2 aliphatic heterocycles. The first-order valence-electron chi connectivity index (χ1n) is 20.2. The number of ether oxygens (including phenoxy) is 7. The van der Waals surface area contributed by atoms with Gasteiger partial charge in [-0.15, -0.1) is 0 Å². The molecule has 0 radical (unpaired) electrons. The average molecular weight is 860 g/mol. The number of hydrogen-bond acceptors (Lipinski definition) is 17. The molecule has 1 amide bonds. The minimum Gasteiger partial charge on any atom is -0.456 e. The van der Waals surface area contributed by atoms with E-state index < -0.39 is 137 Å². The summed E-state index contributed by atoms with van der Waals surface area (Å²) in [4.78, 5) is 84.1. The number of amides is 1. The summed E-state index contributed by atoms with van der Waals surface area (Å²) in [5, 5.41) is 48.7. The van der Waals surface area contributed by atoms with Gasteiger partial charge in [0.1, 0.15) is 23.9 Å². The van der Waals surface area contributed by atoms with Gasteiger partial charge in [-0.05, 0) is 56.4 Å². The first-order valence-corrected chi connectivity index (χ1v) is 20.2. The Kier molecular flexibility index (Phi) is 11.5. The van der Waals surface area contributed by atoms with Gasteiger partial charge in [-0.25, -0.2) is 19.2 Å². The maximum atomic E-state index is 15.5. The Labute approximate surface area is 353 Å². The first kappa shape index (κ1) is 45.9. The molecule has 1 aromatic carbocycles. The van der Waals surface area contributed by atoms with Crippen molar-refractivity contribution in [2.45, 2.75) is 148 Å². The molecule has 2 saturated carbocycles. The van der Waals surface area contributed by atoms with Crippen molar-refractivity contribution >= 4 is 35.9 Å². The summed E-state index contributed by atoms with van der Waals surface area (Å²) in [6.45, 7) is 14.3. The van der Waals surface area contributed by atoms with Crippen LogP contribution >= 0.6 is 0 Å². The molecule has 2 bridgehead atoms. The minimum absolute atomic E-state index is 0.0328. The van der Waals surface area contributed by atoms with Crippen LogP contribution in [0.5, 0.6) is 0 Å². The molecular weight excluding hydrogens is 802 g/mol. The van der Waals surface area contributed by atoms with Crippen molar-refractivity contribution in [3.8, 4) is 0 Å². The van der Waals surface area contributed by atoms with Gasteiger partial charge in [-0.3, -0.25) is 14.5 Å². The lowest BCUT2D eigenvalue weighted by Gasteiger charge is -2.67. The van der Waals surface area contributed by atoms with Crippen LogP contribution < -0.4 is 0 Å². The lowest BCUT2D eigenvalue weighted by atomic mass is 9.44. The summed E-state index contributed by atoms with van der Waals surface area (Å²) >= 11 is 0. The lowest BCUT2D eigenvalue weighted by molar-refractivity contribution is -0.344. The molecule has 0 aromatic heterocycles. The van der Waals surface area contributed by atoms with E-state index in [9.17, 15) is 44.4 Å². The zero-order valence-electron chi connectivity index (χ0n) is 36.2. The number of carbonyl (C=O) groups is 6. The Bertz CT molecular complexity index is 2010. The number of fused-ring (bicyclic) bond motifs is 5. The molecule has 18 nitrogen and oxygen atoms in total. The number of aliphatic hydroxyl groups excluding tert-OH is 3. The molecule has 61 heavy (non-hydrogen) atoms. The molecule has 12 atom stereocenters. The number of rotatable bonds is 8. The van der Waals surface area contributed by atoms with E-state index in [1.54, 1.807) is 39.0 Å². The number of nitrogens with zero attached hydrogens (tertiary/aromatic N) is 1. The van der Waals surface area contributed by atoms with E-state index in [1.807, 2.05) is 0 Å². The van der Waals surface area contributed by atoms with Crippen LogP contribution in [0.15, 0.2) is 41.5 Å². The van der Waals surface area contributed by atoms with Crippen LogP contribution in [0.1, 0.15) is 92.4 Å². The highest BCUT2D eigenvalue weighted by Gasteiger charge is 2.78. The van der Waals surface area contributed by atoms with Crippen molar-refractivity contribution in [1.82, 2.24) is 4.90 Å². The summed E-state index contributed by atoms with van der Waals surface area (Å²) in [5.74, 6) is -5.77. The number of benzene rings is 1. The fourth-order valence-corrected chi connectivity index (χ4v) is 10.4. The molecule has 6 rings (SSSR count). The van der Waals surface area contributed by atoms with Gasteiger partial charge in [-0.1, -0.05) is 52.8 Å². The van der Waals surface area contributed by atoms with Crippen LogP contribution in [0.4, 0.5) is 9.59 Å². The number of ketones is 1. The van der Waals surface area contributed by atoms with Crippen LogP contribution in [0.25, 0.3) is 0 Å². The van der Waals surface area contributed by atoms with E-state index in [0.29, 0.717) is 0 Å². The fourth-order valence-electron chi connectivity index (χ4n) is 10.4. The summed E-state index contributed by atoms with van der Waals surface area (Å²) in [7, 11) is 1.06. The Morgan fingerprint density at radius 2 is 1.59 bits per heavy atom. The second kappa shape index (κ2) is 15.3. The third-order valence-electron chi connectivity index (χ3n) is 13.7. The van der Waals surface area contributed by atoms with Crippen LogP contribution in [-0.4, -0.2) is 141 Å². The highest BCUT2D eigenvalue weighted by atomic mass is 16.8. The van der Waals surface area contributed by atoms with E-state index in [4.69, 9.17) is 33.2 Å².